The number of sulfone groups is 1. The van der Waals surface area contributed by atoms with Gasteiger partial charge in [0.2, 0.25) is 5.91 Å². The number of fused-ring (bicyclic) bond motifs is 1. The van der Waals surface area contributed by atoms with Gasteiger partial charge in [0, 0.05) is 48.9 Å². The van der Waals surface area contributed by atoms with Crippen molar-refractivity contribution in [3.8, 4) is 16.9 Å². The number of amides is 2. The Morgan fingerprint density at radius 3 is 1.82 bits per heavy atom. The largest absolute Gasteiger partial charge is 0.491 e. The second kappa shape index (κ2) is 30.8. The highest BCUT2D eigenvalue weighted by molar-refractivity contribution is 7.91. The summed E-state index contributed by atoms with van der Waals surface area (Å²) >= 11 is 4.93. The Hall–Kier alpha value is -4.35. The van der Waals surface area contributed by atoms with E-state index in [1.54, 1.807) is 30.2 Å². The van der Waals surface area contributed by atoms with Gasteiger partial charge in [0.25, 0.3) is 5.91 Å². The lowest BCUT2D eigenvalue weighted by Crippen LogP contribution is -2.33. The van der Waals surface area contributed by atoms with E-state index >= 15 is 0 Å². The molecule has 360 valence electrons. The third-order valence-corrected chi connectivity index (χ3v) is 11.5. The molecule has 0 aliphatic carbocycles. The van der Waals surface area contributed by atoms with Gasteiger partial charge in [0.1, 0.15) is 18.2 Å². The number of benzene rings is 2. The van der Waals surface area contributed by atoms with Gasteiger partial charge in [-0.1, -0.05) is 18.3 Å². The number of nitrogens with two attached hydrogens (primary N) is 1. The summed E-state index contributed by atoms with van der Waals surface area (Å²) in [6.07, 6.45) is 1.77. The molecular weight excluding hydrogens is 883 g/mol. The van der Waals surface area contributed by atoms with Gasteiger partial charge in [-0.15, -0.1) is 0 Å². The van der Waals surface area contributed by atoms with Crippen molar-refractivity contribution in [2.24, 2.45) is 0 Å². The molecule has 0 fully saturated rings. The van der Waals surface area contributed by atoms with E-state index in [-0.39, 0.29) is 42.0 Å². The minimum atomic E-state index is -3.74. The molecule has 0 spiro atoms. The third kappa shape index (κ3) is 21.2. The van der Waals surface area contributed by atoms with Crippen LogP contribution in [0.25, 0.3) is 11.1 Å². The minimum Gasteiger partial charge on any atom is -0.491 e. The first-order valence-corrected chi connectivity index (χ1v) is 23.8. The maximum Gasteiger partial charge on any atom is 0.254 e. The van der Waals surface area contributed by atoms with E-state index in [2.05, 4.69) is 15.6 Å². The molecular formula is C45H65N5O13S2. The third-order valence-electron chi connectivity index (χ3n) is 9.63. The molecule has 2 heterocycles. The predicted molar refractivity (Wildman–Crippen MR) is 248 cm³/mol. The number of pyridine rings is 1. The molecule has 3 aromatic rings. The lowest BCUT2D eigenvalue weighted by atomic mass is 10.0. The number of aromatic nitrogens is 1. The van der Waals surface area contributed by atoms with Crippen LogP contribution in [0.15, 0.2) is 59.6 Å². The molecule has 1 aliphatic rings. The maximum atomic E-state index is 13.7. The zero-order valence-corrected chi connectivity index (χ0v) is 39.2. The fourth-order valence-electron chi connectivity index (χ4n) is 6.20. The zero-order chi connectivity index (χ0) is 46.5. The number of hydrogen-bond acceptors (Lipinski definition) is 16. The Balaban J connectivity index is 0.957. The molecule has 1 aliphatic heterocycles. The van der Waals surface area contributed by atoms with E-state index in [1.807, 2.05) is 31.2 Å². The fraction of sp³-hybridized carbons (Fsp3) is 0.556. The highest BCUT2D eigenvalue weighted by Crippen LogP contribution is 2.30. The zero-order valence-electron chi connectivity index (χ0n) is 37.6. The Kier molecular flexibility index (Phi) is 25.2. The van der Waals surface area contributed by atoms with E-state index in [0.29, 0.717) is 148 Å². The van der Waals surface area contributed by atoms with Gasteiger partial charge < -0.3 is 63.9 Å². The van der Waals surface area contributed by atoms with Crippen molar-refractivity contribution in [3.05, 3.63) is 71.4 Å². The molecule has 18 nitrogen and oxygen atoms in total. The van der Waals surface area contributed by atoms with Crippen molar-refractivity contribution >= 4 is 44.7 Å². The lowest BCUT2D eigenvalue weighted by molar-refractivity contribution is -0.122. The summed E-state index contributed by atoms with van der Waals surface area (Å²) in [6.45, 7) is 12.1. The van der Waals surface area contributed by atoms with Crippen LogP contribution >= 0.6 is 12.2 Å². The molecule has 0 radical (unpaired) electrons. The number of nitrogens with one attached hydrogen (secondary N) is 2. The van der Waals surface area contributed by atoms with Gasteiger partial charge in [-0.2, -0.15) is 0 Å². The number of carbonyl (C=O) groups excluding carboxylic acids is 2. The lowest BCUT2D eigenvalue weighted by Gasteiger charge is -2.21. The maximum absolute atomic E-state index is 13.7. The Bertz CT molecular complexity index is 1990. The first kappa shape index (κ1) is 53.3. The monoisotopic (exact) mass is 947 g/mol. The average Bonchev–Trinajstić information content (AvgIpc) is 3.51. The molecule has 0 unspecified atom stereocenters. The second-order valence-corrected chi connectivity index (χ2v) is 17.4. The molecule has 0 saturated heterocycles. The van der Waals surface area contributed by atoms with Crippen molar-refractivity contribution in [2.45, 2.75) is 31.7 Å². The van der Waals surface area contributed by atoms with Gasteiger partial charge >= 0.3 is 0 Å². The summed E-state index contributed by atoms with van der Waals surface area (Å²) in [7, 11) is -3.74. The van der Waals surface area contributed by atoms with Crippen LogP contribution in [-0.4, -0.2) is 173 Å². The average molecular weight is 948 g/mol. The number of nitrogens with zero attached hydrogens (tertiary/aromatic N) is 2. The van der Waals surface area contributed by atoms with Gasteiger partial charge in [0.05, 0.1) is 128 Å². The molecule has 0 atom stereocenters. The van der Waals surface area contributed by atoms with Crippen LogP contribution in [0.3, 0.4) is 0 Å². The quantitative estimate of drug-likeness (QED) is 0.0591. The van der Waals surface area contributed by atoms with Gasteiger partial charge in [0.15, 0.2) is 9.84 Å². The number of aryl methyl sites for hydroxylation is 1. The SMILES string of the molecule is CC(=S)NCCOCCOCCOCCOCCOCCOCCOCCOCCC(=O)NCCS(=O)(=O)c1ccc(C(=O)N2CCOc3ccc(-c4ccc(N)nc4)cc3C2)c(C)c1. The van der Waals surface area contributed by atoms with E-state index in [0.717, 1.165) is 21.7 Å². The summed E-state index contributed by atoms with van der Waals surface area (Å²) in [5, 5.41) is 5.66. The number of ether oxygens (including phenoxy) is 9. The topological polar surface area (TPSA) is 218 Å². The smallest absolute Gasteiger partial charge is 0.254 e. The van der Waals surface area contributed by atoms with E-state index in [9.17, 15) is 18.0 Å². The molecule has 2 aromatic carbocycles. The molecule has 2 amide bonds. The Morgan fingerprint density at radius 2 is 1.28 bits per heavy atom. The predicted octanol–water partition coefficient (Wildman–Crippen LogP) is 3.02. The number of carbonyl (C=O) groups is 2. The summed E-state index contributed by atoms with van der Waals surface area (Å²) in [4.78, 5) is 32.7. The molecule has 20 heteroatoms. The van der Waals surface area contributed by atoms with Crippen molar-refractivity contribution < 1.29 is 60.6 Å². The normalized spacial score (nSPS) is 12.6. The molecule has 1 aromatic heterocycles. The first-order chi connectivity index (χ1) is 31.5. The fourth-order valence-corrected chi connectivity index (χ4v) is 7.54. The number of thiocarbonyl (C=S) groups is 1. The summed E-state index contributed by atoms with van der Waals surface area (Å²) in [6, 6.07) is 13.9. The van der Waals surface area contributed by atoms with E-state index in [1.165, 1.54) is 12.1 Å². The number of hydrogen-bond donors (Lipinski definition) is 3. The van der Waals surface area contributed by atoms with Crippen LogP contribution in [0.2, 0.25) is 0 Å². The van der Waals surface area contributed by atoms with Crippen LogP contribution in [0.1, 0.15) is 34.8 Å². The molecule has 0 saturated carbocycles. The van der Waals surface area contributed by atoms with Crippen molar-refractivity contribution in [1.29, 1.82) is 0 Å². The van der Waals surface area contributed by atoms with E-state index < -0.39 is 9.84 Å². The molecule has 4 rings (SSSR count). The standard InChI is InChI=1S/C45H65N5O13S2/c1-35-31-40(5-6-41(35)45(52)50-12-15-63-42-7-3-37(32-39(42)34-50)38-4-8-43(46)49-33-38)65(53,54)30-11-48-44(51)9-13-55-16-18-57-20-22-59-24-26-61-28-29-62-27-25-60-23-21-58-19-17-56-14-10-47-36(2)64/h3-8,31-33H,9-30,34H2,1-2H3,(H2,46,49)(H,47,64)(H,48,51). The van der Waals surface area contributed by atoms with Crippen LogP contribution in [0.5, 0.6) is 5.75 Å². The molecule has 4 N–H and O–H groups in total. The minimum absolute atomic E-state index is 0.0658. The highest BCUT2D eigenvalue weighted by atomic mass is 32.2. The van der Waals surface area contributed by atoms with Crippen molar-refractivity contribution in [3.63, 3.8) is 0 Å². The van der Waals surface area contributed by atoms with Gasteiger partial charge in [-0.05, 0) is 67.4 Å². The van der Waals surface area contributed by atoms with E-state index in [4.69, 9.17) is 60.6 Å². The first-order valence-electron chi connectivity index (χ1n) is 21.8. The Labute approximate surface area is 388 Å². The van der Waals surface area contributed by atoms with Crippen molar-refractivity contribution in [2.75, 3.05) is 143 Å². The second-order valence-electron chi connectivity index (χ2n) is 14.6. The van der Waals surface area contributed by atoms with Crippen LogP contribution in [0, 0.1) is 6.92 Å². The van der Waals surface area contributed by atoms with Gasteiger partial charge in [-0.25, -0.2) is 13.4 Å². The van der Waals surface area contributed by atoms with Crippen LogP contribution < -0.4 is 21.1 Å². The van der Waals surface area contributed by atoms with Crippen LogP contribution in [0.4, 0.5) is 5.82 Å². The Morgan fingerprint density at radius 1 is 0.723 bits per heavy atom. The number of rotatable bonds is 33. The summed E-state index contributed by atoms with van der Waals surface area (Å²) < 4.78 is 76.0. The van der Waals surface area contributed by atoms with Crippen LogP contribution in [-0.2, 0) is 59.1 Å². The summed E-state index contributed by atoms with van der Waals surface area (Å²) in [5.74, 6) is 0.273. The molecule has 0 bridgehead atoms. The molecule has 65 heavy (non-hydrogen) atoms. The number of nitrogen functional groups attached to an aromatic ring is 1. The number of anilines is 1. The van der Waals surface area contributed by atoms with Crippen molar-refractivity contribution in [1.82, 2.24) is 20.5 Å². The highest BCUT2D eigenvalue weighted by Gasteiger charge is 2.24. The van der Waals surface area contributed by atoms with Gasteiger partial charge in [-0.3, -0.25) is 9.59 Å². The summed E-state index contributed by atoms with van der Waals surface area (Å²) in [5.41, 5.74) is 9.32.